The van der Waals surface area contributed by atoms with E-state index in [4.69, 9.17) is 18.9 Å². The number of hydrogen-bond donors (Lipinski definition) is 4. The first kappa shape index (κ1) is 59.7. The maximum atomic E-state index is 12.8. The summed E-state index contributed by atoms with van der Waals surface area (Å²) in [6, 6.07) is 0. The van der Waals surface area contributed by atoms with Gasteiger partial charge in [-0.1, -0.05) is 204 Å². The van der Waals surface area contributed by atoms with Gasteiger partial charge in [0, 0.05) is 12.8 Å². The van der Waals surface area contributed by atoms with Gasteiger partial charge >= 0.3 is 11.9 Å². The molecule has 2 unspecified atom stereocenters. The molecule has 10 heteroatoms. The molecule has 0 amide bonds. The van der Waals surface area contributed by atoms with E-state index in [2.05, 4.69) is 62.5 Å². The van der Waals surface area contributed by atoms with Gasteiger partial charge in [0.2, 0.25) is 0 Å². The summed E-state index contributed by atoms with van der Waals surface area (Å²) in [5.74, 6) is -0.835. The third-order valence-electron chi connectivity index (χ3n) is 12.0. The Morgan fingerprint density at radius 1 is 0.484 bits per heavy atom. The predicted octanol–water partition coefficient (Wildman–Crippen LogP) is 12.4. The summed E-state index contributed by atoms with van der Waals surface area (Å²) in [6.45, 7) is 3.39. The Hall–Kier alpha value is -2.34. The summed E-state index contributed by atoms with van der Waals surface area (Å²) in [5, 5.41) is 40.2. The van der Waals surface area contributed by atoms with E-state index in [-0.39, 0.29) is 26.1 Å². The van der Waals surface area contributed by atoms with E-state index < -0.39 is 55.4 Å². The fourth-order valence-corrected chi connectivity index (χ4v) is 7.82. The minimum Gasteiger partial charge on any atom is -0.462 e. The number of aliphatic hydroxyl groups is 4. The molecular weight excluding hydrogens is 809 g/mol. The minimum atomic E-state index is -1.60. The number of unbranched alkanes of at least 4 members (excludes halogenated alkanes) is 25. The number of esters is 2. The highest BCUT2D eigenvalue weighted by atomic mass is 16.7. The van der Waals surface area contributed by atoms with Crippen molar-refractivity contribution in [2.45, 2.75) is 263 Å². The van der Waals surface area contributed by atoms with Crippen LogP contribution in [0.15, 0.2) is 48.6 Å². The number of aliphatic hydroxyl groups excluding tert-OH is 4. The second-order valence-corrected chi connectivity index (χ2v) is 18.0. The molecule has 0 spiro atoms. The van der Waals surface area contributed by atoms with Gasteiger partial charge in [0.25, 0.3) is 0 Å². The van der Waals surface area contributed by atoms with Gasteiger partial charge in [-0.2, -0.15) is 0 Å². The third kappa shape index (κ3) is 34.9. The van der Waals surface area contributed by atoms with Crippen molar-refractivity contribution < 1.29 is 49.0 Å². The topological polar surface area (TPSA) is 152 Å². The molecule has 1 heterocycles. The highest BCUT2D eigenvalue weighted by Crippen LogP contribution is 2.23. The fourth-order valence-electron chi connectivity index (χ4n) is 7.82. The normalized spacial score (nSPS) is 19.8. The quantitative estimate of drug-likeness (QED) is 0.0264. The van der Waals surface area contributed by atoms with E-state index in [1.165, 1.54) is 128 Å². The van der Waals surface area contributed by atoms with Gasteiger partial charge in [-0.3, -0.25) is 9.59 Å². The summed E-state index contributed by atoms with van der Waals surface area (Å²) in [6.07, 6.45) is 46.9. The second-order valence-electron chi connectivity index (χ2n) is 18.0. The number of hydrogen-bond acceptors (Lipinski definition) is 10. The zero-order chi connectivity index (χ0) is 46.6. The highest BCUT2D eigenvalue weighted by Gasteiger charge is 2.44. The Bertz CT molecular complexity index is 1180. The van der Waals surface area contributed by atoms with Gasteiger partial charge in [-0.15, -0.1) is 0 Å². The molecule has 1 saturated heterocycles. The van der Waals surface area contributed by atoms with E-state index in [1.54, 1.807) is 0 Å². The molecule has 0 bridgehead atoms. The molecule has 1 rings (SSSR count). The Balaban J connectivity index is 2.28. The van der Waals surface area contributed by atoms with Crippen LogP contribution in [0.4, 0.5) is 0 Å². The first-order chi connectivity index (χ1) is 31.3. The maximum absolute atomic E-state index is 12.8. The van der Waals surface area contributed by atoms with Crippen molar-refractivity contribution in [2.24, 2.45) is 0 Å². The van der Waals surface area contributed by atoms with Crippen LogP contribution < -0.4 is 0 Å². The molecule has 0 aromatic carbocycles. The fraction of sp³-hybridized carbons (Fsp3) is 0.815. The SMILES string of the molecule is CCCCC/C=C/C/C=C/C/C=C/C/C=C/CCCCCC(=O)OC[C@H](CO[C@@H]1O[C@H](CO)[C@H](O)C(O)C1O)OC(=O)CCCCCCCCCCCCCCCCCCCCCC. The predicted molar refractivity (Wildman–Crippen MR) is 261 cm³/mol. The van der Waals surface area contributed by atoms with Gasteiger partial charge < -0.3 is 39.4 Å². The van der Waals surface area contributed by atoms with Gasteiger partial charge in [0.1, 0.15) is 31.0 Å². The molecule has 0 aromatic heterocycles. The summed E-state index contributed by atoms with van der Waals surface area (Å²) >= 11 is 0. The van der Waals surface area contributed by atoms with Crippen LogP contribution in [0.25, 0.3) is 0 Å². The molecule has 0 saturated carbocycles. The maximum Gasteiger partial charge on any atom is 0.306 e. The molecule has 64 heavy (non-hydrogen) atoms. The lowest BCUT2D eigenvalue weighted by Gasteiger charge is -2.39. The lowest BCUT2D eigenvalue weighted by Crippen LogP contribution is -2.59. The first-order valence-corrected chi connectivity index (χ1v) is 26.2. The Kier molecular flexibility index (Phi) is 41.5. The number of rotatable bonds is 44. The molecule has 0 aromatic rings. The van der Waals surface area contributed by atoms with Crippen molar-refractivity contribution in [1.29, 1.82) is 0 Å². The van der Waals surface area contributed by atoms with Crippen molar-refractivity contribution >= 4 is 11.9 Å². The number of carbonyl (C=O) groups is 2. The van der Waals surface area contributed by atoms with Crippen LogP contribution >= 0.6 is 0 Å². The van der Waals surface area contributed by atoms with Crippen molar-refractivity contribution in [2.75, 3.05) is 19.8 Å². The van der Waals surface area contributed by atoms with Gasteiger partial charge in [0.15, 0.2) is 12.4 Å². The molecule has 372 valence electrons. The largest absolute Gasteiger partial charge is 0.462 e. The summed E-state index contributed by atoms with van der Waals surface area (Å²) < 4.78 is 22.2. The molecule has 6 atom stereocenters. The summed E-state index contributed by atoms with van der Waals surface area (Å²) in [7, 11) is 0. The van der Waals surface area contributed by atoms with Gasteiger partial charge in [-0.25, -0.2) is 0 Å². The number of carbonyl (C=O) groups excluding carboxylic acids is 2. The van der Waals surface area contributed by atoms with Crippen LogP contribution in [0.5, 0.6) is 0 Å². The standard InChI is InChI=1S/C54H96O10/c1-3-5-7-9-11-13-15-17-19-21-23-25-27-29-31-33-35-37-39-41-43-50(57)63-47(46-62-54-53(60)52(59)51(58)48(44-55)64-54)45-61-49(56)42-40-38-36-34-32-30-28-26-24-22-20-18-16-14-12-10-8-6-4-2/h12,14,18,20,24,26,30,32,47-48,51-55,58-60H,3-11,13,15-17,19,21-23,25,27-29,31,33-46H2,1-2H3/b14-12+,20-18+,26-24+,32-30+/t47-,48-,51+,52?,53?,54-/m1/s1. The average Bonchev–Trinajstić information content (AvgIpc) is 3.29. The van der Waals surface area contributed by atoms with E-state index in [1.807, 2.05) is 0 Å². The average molecular weight is 905 g/mol. The van der Waals surface area contributed by atoms with Crippen LogP contribution in [0, 0.1) is 0 Å². The Morgan fingerprint density at radius 3 is 1.34 bits per heavy atom. The minimum absolute atomic E-state index is 0.225. The zero-order valence-corrected chi connectivity index (χ0v) is 40.8. The molecule has 1 aliphatic rings. The van der Waals surface area contributed by atoms with Crippen molar-refractivity contribution in [1.82, 2.24) is 0 Å². The van der Waals surface area contributed by atoms with E-state index >= 15 is 0 Å². The van der Waals surface area contributed by atoms with Crippen LogP contribution in [0.1, 0.15) is 226 Å². The molecule has 10 nitrogen and oxygen atoms in total. The lowest BCUT2D eigenvalue weighted by molar-refractivity contribution is -0.305. The van der Waals surface area contributed by atoms with Crippen molar-refractivity contribution in [3.63, 3.8) is 0 Å². The molecule has 1 aliphatic heterocycles. The monoisotopic (exact) mass is 905 g/mol. The van der Waals surface area contributed by atoms with Crippen LogP contribution in [-0.4, -0.2) is 89.0 Å². The van der Waals surface area contributed by atoms with Crippen LogP contribution in [0.3, 0.4) is 0 Å². The molecule has 4 N–H and O–H groups in total. The highest BCUT2D eigenvalue weighted by molar-refractivity contribution is 5.70. The number of ether oxygens (including phenoxy) is 4. The number of allylic oxidation sites excluding steroid dienone is 8. The molecular formula is C54H96O10. The summed E-state index contributed by atoms with van der Waals surface area (Å²) in [4.78, 5) is 25.5. The third-order valence-corrected chi connectivity index (χ3v) is 12.0. The second kappa shape index (κ2) is 44.5. The van der Waals surface area contributed by atoms with Crippen molar-refractivity contribution in [3.8, 4) is 0 Å². The van der Waals surface area contributed by atoms with E-state index in [9.17, 15) is 30.0 Å². The first-order valence-electron chi connectivity index (χ1n) is 26.2. The van der Waals surface area contributed by atoms with Gasteiger partial charge in [0.05, 0.1) is 13.2 Å². The summed E-state index contributed by atoms with van der Waals surface area (Å²) in [5.41, 5.74) is 0. The van der Waals surface area contributed by atoms with Crippen LogP contribution in [-0.2, 0) is 28.5 Å². The van der Waals surface area contributed by atoms with E-state index in [0.717, 1.165) is 57.8 Å². The lowest BCUT2D eigenvalue weighted by atomic mass is 9.99. The zero-order valence-electron chi connectivity index (χ0n) is 40.8. The molecule has 1 fully saturated rings. The van der Waals surface area contributed by atoms with Crippen LogP contribution in [0.2, 0.25) is 0 Å². The molecule has 0 aliphatic carbocycles. The molecule has 0 radical (unpaired) electrons. The Labute approximate surface area is 390 Å². The van der Waals surface area contributed by atoms with E-state index in [0.29, 0.717) is 12.8 Å². The smallest absolute Gasteiger partial charge is 0.306 e. The van der Waals surface area contributed by atoms with Crippen molar-refractivity contribution in [3.05, 3.63) is 48.6 Å². The Morgan fingerprint density at radius 2 is 0.875 bits per heavy atom. The van der Waals surface area contributed by atoms with Gasteiger partial charge in [-0.05, 0) is 57.8 Å².